The van der Waals surface area contributed by atoms with Gasteiger partial charge in [-0.3, -0.25) is 0 Å². The lowest BCUT2D eigenvalue weighted by Crippen LogP contribution is -2.12. The third kappa shape index (κ3) is 7.41. The van der Waals surface area contributed by atoms with E-state index in [2.05, 4.69) is 117 Å². The molecule has 0 amide bonds. The molecule has 0 spiro atoms. The molecule has 0 N–H and O–H groups in total. The fraction of sp³-hybridized carbons (Fsp3) is 0.459. The van der Waals surface area contributed by atoms with Crippen LogP contribution < -0.4 is 0 Å². The van der Waals surface area contributed by atoms with Gasteiger partial charge in [-0.2, -0.15) is 0 Å². The first kappa shape index (κ1) is 30.2. The number of aryl methyl sites for hydroxylation is 2. The van der Waals surface area contributed by atoms with E-state index in [1.54, 1.807) is 11.1 Å². The van der Waals surface area contributed by atoms with Crippen LogP contribution in [0.5, 0.6) is 0 Å². The molecule has 2 aliphatic carbocycles. The molecule has 0 nitrogen and oxygen atoms in total. The average Bonchev–Trinajstić information content (AvgIpc) is 3.39. The summed E-state index contributed by atoms with van der Waals surface area (Å²) in [5, 5.41) is 0.871. The standard InChI is InChI=1S/C14H20.C13H16.C10H13Cl/c1-10(2)12-6-5-11-7-8-14(3,4)13(11)9-12;1-9(2)12-7-6-11-5-4-10(3)13(11)8-12;1-7(2)9-5-4-8(3)10(11)6-9/h5-6,9-10H,7-8H2,1-4H3;4,6-9H,5H2,1-3H3;4-7H,1-3H3. The predicted molar refractivity (Wildman–Crippen MR) is 170 cm³/mol. The van der Waals surface area contributed by atoms with Crippen molar-refractivity contribution in [2.45, 2.75) is 112 Å². The monoisotopic (exact) mass is 528 g/mol. The Morgan fingerprint density at radius 2 is 1.21 bits per heavy atom. The van der Waals surface area contributed by atoms with Crippen LogP contribution in [0.25, 0.3) is 5.57 Å². The molecule has 0 bridgehead atoms. The van der Waals surface area contributed by atoms with E-state index in [0.717, 1.165) is 17.0 Å². The number of rotatable bonds is 3. The van der Waals surface area contributed by atoms with Crippen LogP contribution in [-0.2, 0) is 18.3 Å². The number of hydrogen-bond donors (Lipinski definition) is 0. The first-order valence-corrected chi connectivity index (χ1v) is 14.9. The normalized spacial score (nSPS) is 14.9. The Labute approximate surface area is 238 Å². The van der Waals surface area contributed by atoms with Gasteiger partial charge in [0, 0.05) is 5.02 Å². The highest BCUT2D eigenvalue weighted by molar-refractivity contribution is 6.31. The van der Waals surface area contributed by atoms with Crippen LogP contribution in [0.2, 0.25) is 5.02 Å². The van der Waals surface area contributed by atoms with E-state index in [9.17, 15) is 0 Å². The first-order valence-electron chi connectivity index (χ1n) is 14.5. The van der Waals surface area contributed by atoms with Crippen LogP contribution in [0.1, 0.15) is 131 Å². The van der Waals surface area contributed by atoms with Crippen LogP contribution in [0, 0.1) is 6.92 Å². The minimum absolute atomic E-state index is 0.403. The Kier molecular flexibility index (Phi) is 10.1. The van der Waals surface area contributed by atoms with E-state index in [1.165, 1.54) is 46.2 Å². The zero-order valence-electron chi connectivity index (χ0n) is 25.5. The summed E-state index contributed by atoms with van der Waals surface area (Å²) >= 11 is 5.96. The quantitative estimate of drug-likeness (QED) is 0.317. The highest BCUT2D eigenvalue weighted by Gasteiger charge is 2.29. The molecule has 0 heterocycles. The summed E-state index contributed by atoms with van der Waals surface area (Å²) in [5.41, 5.74) is 13.3. The Morgan fingerprint density at radius 1 is 0.684 bits per heavy atom. The van der Waals surface area contributed by atoms with Crippen molar-refractivity contribution in [3.05, 3.63) is 110 Å². The minimum Gasteiger partial charge on any atom is -0.0840 e. The number of hydrogen-bond acceptors (Lipinski definition) is 0. The number of allylic oxidation sites excluding steroid dienone is 2. The Hall–Kier alpha value is -2.31. The van der Waals surface area contributed by atoms with E-state index < -0.39 is 0 Å². The summed E-state index contributed by atoms with van der Waals surface area (Å²) < 4.78 is 0. The lowest BCUT2D eigenvalue weighted by Gasteiger charge is -2.20. The van der Waals surface area contributed by atoms with E-state index in [0.29, 0.717) is 23.2 Å². The second kappa shape index (κ2) is 12.7. The molecular weight excluding hydrogens is 480 g/mol. The van der Waals surface area contributed by atoms with E-state index in [-0.39, 0.29) is 0 Å². The zero-order chi connectivity index (χ0) is 28.2. The summed E-state index contributed by atoms with van der Waals surface area (Å²) in [6.45, 7) is 22.3. The second-order valence-electron chi connectivity index (χ2n) is 12.8. The lowest BCUT2D eigenvalue weighted by atomic mass is 9.85. The van der Waals surface area contributed by atoms with Crippen molar-refractivity contribution in [2.24, 2.45) is 0 Å². The van der Waals surface area contributed by atoms with Gasteiger partial charge in [0.1, 0.15) is 0 Å². The van der Waals surface area contributed by atoms with Crippen molar-refractivity contribution < 1.29 is 0 Å². The fourth-order valence-corrected chi connectivity index (χ4v) is 5.41. The molecule has 0 saturated heterocycles. The van der Waals surface area contributed by atoms with Crippen molar-refractivity contribution in [3.8, 4) is 0 Å². The molecule has 1 heteroatoms. The maximum Gasteiger partial charge on any atom is 0.0438 e. The molecular formula is C37H49Cl. The average molecular weight is 529 g/mol. The number of halogens is 1. The van der Waals surface area contributed by atoms with Crippen molar-refractivity contribution in [1.29, 1.82) is 0 Å². The summed E-state index contributed by atoms with van der Waals surface area (Å²) in [4.78, 5) is 0. The third-order valence-corrected chi connectivity index (χ3v) is 8.67. The fourth-order valence-electron chi connectivity index (χ4n) is 5.22. The Balaban J connectivity index is 0.000000159. The summed E-state index contributed by atoms with van der Waals surface area (Å²) in [7, 11) is 0. The van der Waals surface area contributed by atoms with Gasteiger partial charge >= 0.3 is 0 Å². The van der Waals surface area contributed by atoms with Gasteiger partial charge < -0.3 is 0 Å². The van der Waals surface area contributed by atoms with Crippen LogP contribution in [0.15, 0.2) is 60.7 Å². The van der Waals surface area contributed by atoms with Gasteiger partial charge in [-0.1, -0.05) is 122 Å². The molecule has 0 radical (unpaired) electrons. The van der Waals surface area contributed by atoms with E-state index >= 15 is 0 Å². The van der Waals surface area contributed by atoms with Gasteiger partial charge in [0.2, 0.25) is 0 Å². The molecule has 0 aromatic heterocycles. The van der Waals surface area contributed by atoms with Crippen molar-refractivity contribution in [1.82, 2.24) is 0 Å². The predicted octanol–water partition coefficient (Wildman–Crippen LogP) is 11.6. The second-order valence-corrected chi connectivity index (χ2v) is 13.2. The van der Waals surface area contributed by atoms with Gasteiger partial charge in [-0.25, -0.2) is 0 Å². The van der Waals surface area contributed by atoms with E-state index in [4.69, 9.17) is 11.6 Å². The van der Waals surface area contributed by atoms with Gasteiger partial charge in [0.15, 0.2) is 0 Å². The van der Waals surface area contributed by atoms with Crippen molar-refractivity contribution in [3.63, 3.8) is 0 Å². The lowest BCUT2D eigenvalue weighted by molar-refractivity contribution is 0.521. The zero-order valence-corrected chi connectivity index (χ0v) is 26.3. The molecule has 0 aliphatic heterocycles. The molecule has 2 aliphatic rings. The minimum atomic E-state index is 0.403. The Morgan fingerprint density at radius 3 is 1.79 bits per heavy atom. The molecule has 0 saturated carbocycles. The molecule has 38 heavy (non-hydrogen) atoms. The highest BCUT2D eigenvalue weighted by Crippen LogP contribution is 2.39. The van der Waals surface area contributed by atoms with Crippen LogP contribution in [0.4, 0.5) is 0 Å². The first-order chi connectivity index (χ1) is 17.8. The third-order valence-electron chi connectivity index (χ3n) is 8.27. The molecule has 3 aromatic rings. The van der Waals surface area contributed by atoms with Crippen LogP contribution in [0.3, 0.4) is 0 Å². The molecule has 3 aromatic carbocycles. The summed E-state index contributed by atoms with van der Waals surface area (Å²) in [6.07, 6.45) is 6.01. The number of fused-ring (bicyclic) bond motifs is 2. The molecule has 0 atom stereocenters. The topological polar surface area (TPSA) is 0 Å². The molecule has 204 valence electrons. The van der Waals surface area contributed by atoms with Crippen molar-refractivity contribution >= 4 is 17.2 Å². The van der Waals surface area contributed by atoms with Gasteiger partial charge in [0.25, 0.3) is 0 Å². The maximum absolute atomic E-state index is 5.96. The van der Waals surface area contributed by atoms with E-state index in [1.807, 2.05) is 13.0 Å². The highest BCUT2D eigenvalue weighted by atomic mass is 35.5. The largest absolute Gasteiger partial charge is 0.0840 e. The van der Waals surface area contributed by atoms with Crippen LogP contribution >= 0.6 is 11.6 Å². The maximum atomic E-state index is 5.96. The number of benzene rings is 3. The van der Waals surface area contributed by atoms with Crippen LogP contribution in [-0.4, -0.2) is 0 Å². The summed E-state index contributed by atoms with van der Waals surface area (Å²) in [6, 6.07) is 20.2. The van der Waals surface area contributed by atoms with Crippen molar-refractivity contribution in [2.75, 3.05) is 0 Å². The summed E-state index contributed by atoms with van der Waals surface area (Å²) in [5.74, 6) is 1.85. The molecule has 0 fully saturated rings. The molecule has 5 rings (SSSR count). The molecule has 0 unspecified atom stereocenters. The van der Waals surface area contributed by atoms with Gasteiger partial charge in [-0.15, -0.1) is 0 Å². The SMILES string of the molecule is CC(C)c1ccc2c(c1)C(C)(C)CC2.CC1=CCc2ccc(C(C)C)cc21.Cc1ccc(C(C)C)cc1Cl. The Bertz CT molecular complexity index is 1270. The smallest absolute Gasteiger partial charge is 0.0438 e. The van der Waals surface area contributed by atoms with Gasteiger partial charge in [-0.05, 0) is 112 Å². The van der Waals surface area contributed by atoms with Gasteiger partial charge in [0.05, 0.1) is 0 Å².